The van der Waals surface area contributed by atoms with Crippen molar-refractivity contribution in [3.63, 3.8) is 0 Å². The summed E-state index contributed by atoms with van der Waals surface area (Å²) in [6.07, 6.45) is 7.17. The number of pyridine rings is 1. The van der Waals surface area contributed by atoms with E-state index in [0.717, 1.165) is 59.6 Å². The van der Waals surface area contributed by atoms with Crippen molar-refractivity contribution in [2.75, 3.05) is 11.9 Å². The molecule has 3 aromatic heterocycles. The van der Waals surface area contributed by atoms with Crippen molar-refractivity contribution in [2.45, 2.75) is 39.2 Å². The maximum atomic E-state index is 11.6. The molecule has 9 nitrogen and oxygen atoms in total. The molecular formula is C29H32N6O3. The number of hydrogen-bond acceptors (Lipinski definition) is 7. The van der Waals surface area contributed by atoms with Gasteiger partial charge in [0.1, 0.15) is 5.75 Å². The number of carboxylic acids is 1. The van der Waals surface area contributed by atoms with E-state index in [-0.39, 0.29) is 11.8 Å². The van der Waals surface area contributed by atoms with Crippen molar-refractivity contribution >= 4 is 11.9 Å². The molecule has 1 aliphatic rings. The molecule has 0 amide bonds. The summed E-state index contributed by atoms with van der Waals surface area (Å²) in [5, 5.41) is 17.3. The number of nitrogens with zero attached hydrogens (tertiary/aromatic N) is 5. The van der Waals surface area contributed by atoms with E-state index in [1.165, 1.54) is 0 Å². The molecule has 1 aromatic carbocycles. The van der Waals surface area contributed by atoms with Gasteiger partial charge in [-0.05, 0) is 38.0 Å². The Morgan fingerprint density at radius 2 is 1.89 bits per heavy atom. The van der Waals surface area contributed by atoms with Crippen molar-refractivity contribution < 1.29 is 14.6 Å². The van der Waals surface area contributed by atoms with E-state index in [0.29, 0.717) is 24.8 Å². The summed E-state index contributed by atoms with van der Waals surface area (Å²) in [5.74, 6) is 0.184. The van der Waals surface area contributed by atoms with Crippen LogP contribution in [0.25, 0.3) is 22.5 Å². The van der Waals surface area contributed by atoms with E-state index >= 15 is 0 Å². The molecule has 9 heteroatoms. The number of anilines is 1. The third kappa shape index (κ3) is 5.66. The van der Waals surface area contributed by atoms with E-state index in [4.69, 9.17) is 9.72 Å². The van der Waals surface area contributed by atoms with Gasteiger partial charge in [0.15, 0.2) is 0 Å². The average Bonchev–Trinajstić information content (AvgIpc) is 3.32. The molecule has 0 spiro atoms. The van der Waals surface area contributed by atoms with E-state index in [9.17, 15) is 9.90 Å². The fourth-order valence-corrected chi connectivity index (χ4v) is 5.04. The average molecular weight is 513 g/mol. The van der Waals surface area contributed by atoms with Crippen molar-refractivity contribution in [2.24, 2.45) is 18.9 Å². The zero-order valence-corrected chi connectivity index (χ0v) is 21.7. The van der Waals surface area contributed by atoms with Crippen LogP contribution in [0.2, 0.25) is 0 Å². The summed E-state index contributed by atoms with van der Waals surface area (Å²) in [6.45, 7) is 2.77. The first-order valence-corrected chi connectivity index (χ1v) is 13.0. The number of carboxylic acid groups (broad SMARTS) is 1. The van der Waals surface area contributed by atoms with Crippen molar-refractivity contribution in [3.8, 4) is 28.3 Å². The Morgan fingerprint density at radius 3 is 2.68 bits per heavy atom. The predicted octanol–water partition coefficient (Wildman–Crippen LogP) is 5.13. The second-order valence-electron chi connectivity index (χ2n) is 9.69. The predicted molar refractivity (Wildman–Crippen MR) is 145 cm³/mol. The number of aliphatic carboxylic acids is 1. The molecule has 4 aromatic rings. The number of nitrogens with one attached hydrogen (secondary N) is 1. The van der Waals surface area contributed by atoms with Crippen LogP contribution in [-0.2, 0) is 18.4 Å². The Kier molecular flexibility index (Phi) is 7.62. The summed E-state index contributed by atoms with van der Waals surface area (Å²) < 4.78 is 7.88. The van der Waals surface area contributed by atoms with Crippen LogP contribution in [0.15, 0.2) is 60.9 Å². The Balaban J connectivity index is 1.28. The number of ether oxygens (including phenoxy) is 1. The lowest BCUT2D eigenvalue weighted by Gasteiger charge is -2.28. The van der Waals surface area contributed by atoms with E-state index in [1.807, 2.05) is 67.2 Å². The van der Waals surface area contributed by atoms with Crippen LogP contribution in [0.5, 0.6) is 5.75 Å². The van der Waals surface area contributed by atoms with Gasteiger partial charge in [0.2, 0.25) is 5.95 Å². The Bertz CT molecular complexity index is 1400. The van der Waals surface area contributed by atoms with Gasteiger partial charge in [0, 0.05) is 30.3 Å². The lowest BCUT2D eigenvalue weighted by atomic mass is 9.80. The van der Waals surface area contributed by atoms with Crippen LogP contribution in [0.3, 0.4) is 0 Å². The van der Waals surface area contributed by atoms with Gasteiger partial charge in [-0.25, -0.2) is 15.0 Å². The number of rotatable bonds is 9. The lowest BCUT2D eigenvalue weighted by Crippen LogP contribution is -2.31. The Morgan fingerprint density at radius 1 is 1.08 bits per heavy atom. The number of aryl methyl sites for hydroxylation is 2. The first kappa shape index (κ1) is 25.4. The number of aromatic nitrogens is 5. The Labute approximate surface area is 221 Å². The number of carbonyl (C=O) groups is 1. The molecule has 2 N–H and O–H groups in total. The molecule has 3 heterocycles. The van der Waals surface area contributed by atoms with Gasteiger partial charge in [-0.1, -0.05) is 43.2 Å². The van der Waals surface area contributed by atoms with Gasteiger partial charge in [0.25, 0.3) is 0 Å². The first-order chi connectivity index (χ1) is 18.5. The van der Waals surface area contributed by atoms with Gasteiger partial charge in [0.05, 0.1) is 48.0 Å². The fraction of sp³-hybridized carbons (Fsp3) is 0.345. The molecule has 1 aliphatic carbocycles. The van der Waals surface area contributed by atoms with Crippen molar-refractivity contribution in [1.82, 2.24) is 24.7 Å². The molecule has 2 unspecified atom stereocenters. The minimum Gasteiger partial charge on any atom is -0.491 e. The van der Waals surface area contributed by atoms with Gasteiger partial charge >= 0.3 is 5.97 Å². The van der Waals surface area contributed by atoms with E-state index in [1.54, 1.807) is 12.4 Å². The largest absolute Gasteiger partial charge is 0.491 e. The van der Waals surface area contributed by atoms with Crippen molar-refractivity contribution in [3.05, 3.63) is 72.3 Å². The minimum atomic E-state index is -0.724. The van der Waals surface area contributed by atoms with Crippen LogP contribution in [0, 0.1) is 18.8 Å². The van der Waals surface area contributed by atoms with Gasteiger partial charge in [-0.3, -0.25) is 9.48 Å². The molecule has 0 bridgehead atoms. The van der Waals surface area contributed by atoms with E-state index in [2.05, 4.69) is 20.4 Å². The SMILES string of the molecule is Cc1nc(-c2cnn(C)c2CNc2nccc(-c3ccccc3)n2)ccc1OCC1CCCCC1C(=O)O. The molecule has 1 fully saturated rings. The molecule has 2 atom stereocenters. The van der Waals surface area contributed by atoms with Gasteiger partial charge in [-0.15, -0.1) is 0 Å². The second-order valence-corrected chi connectivity index (χ2v) is 9.69. The van der Waals surface area contributed by atoms with Crippen LogP contribution >= 0.6 is 0 Å². The normalized spacial score (nSPS) is 17.2. The summed E-state index contributed by atoms with van der Waals surface area (Å²) >= 11 is 0. The molecule has 0 saturated heterocycles. The second kappa shape index (κ2) is 11.4. The third-order valence-electron chi connectivity index (χ3n) is 7.19. The zero-order chi connectivity index (χ0) is 26.5. The summed E-state index contributed by atoms with van der Waals surface area (Å²) in [7, 11) is 1.90. The molecule has 196 valence electrons. The molecule has 0 radical (unpaired) electrons. The van der Waals surface area contributed by atoms with E-state index < -0.39 is 5.97 Å². The summed E-state index contributed by atoms with van der Waals surface area (Å²) in [4.78, 5) is 25.4. The van der Waals surface area contributed by atoms with Crippen LogP contribution < -0.4 is 10.1 Å². The van der Waals surface area contributed by atoms with Crippen LogP contribution in [0.4, 0.5) is 5.95 Å². The third-order valence-corrected chi connectivity index (χ3v) is 7.19. The van der Waals surface area contributed by atoms with Crippen LogP contribution in [-0.4, -0.2) is 42.4 Å². The number of hydrogen-bond donors (Lipinski definition) is 2. The van der Waals surface area contributed by atoms with Crippen LogP contribution in [0.1, 0.15) is 37.1 Å². The van der Waals surface area contributed by atoms with Gasteiger partial charge in [-0.2, -0.15) is 5.10 Å². The molecule has 1 saturated carbocycles. The molecular weight excluding hydrogens is 480 g/mol. The highest BCUT2D eigenvalue weighted by atomic mass is 16.5. The number of benzene rings is 1. The van der Waals surface area contributed by atoms with Gasteiger partial charge < -0.3 is 15.2 Å². The standard InChI is InChI=1S/C29H32N6O3/c1-19-27(38-18-21-10-6-7-11-22(21)28(36)37)13-12-25(33-19)23-16-32-35(2)26(23)17-31-29-30-15-14-24(34-29)20-8-4-3-5-9-20/h3-5,8-9,12-16,21-22H,6-7,10-11,17-18H2,1-2H3,(H,36,37)(H,30,31,34). The minimum absolute atomic E-state index is 0.0268. The summed E-state index contributed by atoms with van der Waals surface area (Å²) in [6, 6.07) is 15.7. The highest BCUT2D eigenvalue weighted by Crippen LogP contribution is 2.32. The fourth-order valence-electron chi connectivity index (χ4n) is 5.04. The highest BCUT2D eigenvalue weighted by Gasteiger charge is 2.31. The zero-order valence-electron chi connectivity index (χ0n) is 21.7. The summed E-state index contributed by atoms with van der Waals surface area (Å²) in [5.41, 5.74) is 5.29. The maximum Gasteiger partial charge on any atom is 0.306 e. The molecule has 5 rings (SSSR count). The first-order valence-electron chi connectivity index (χ1n) is 13.0. The van der Waals surface area contributed by atoms with Crippen molar-refractivity contribution in [1.29, 1.82) is 0 Å². The molecule has 0 aliphatic heterocycles. The maximum absolute atomic E-state index is 11.6. The quantitative estimate of drug-likeness (QED) is 0.317. The lowest BCUT2D eigenvalue weighted by molar-refractivity contribution is -0.145. The Hall–Kier alpha value is -4.27. The molecule has 38 heavy (non-hydrogen) atoms. The monoisotopic (exact) mass is 512 g/mol. The topological polar surface area (TPSA) is 115 Å². The highest BCUT2D eigenvalue weighted by molar-refractivity contribution is 5.70. The smallest absolute Gasteiger partial charge is 0.306 e.